The fourth-order valence-corrected chi connectivity index (χ4v) is 4.15. The molecule has 0 aromatic carbocycles. The van der Waals surface area contributed by atoms with Crippen molar-refractivity contribution in [2.75, 3.05) is 19.8 Å². The summed E-state index contributed by atoms with van der Waals surface area (Å²) in [5.74, 6) is 0. The van der Waals surface area contributed by atoms with E-state index in [0.29, 0.717) is 13.2 Å². The standard InChI is InChI=1S/C13H17N3O4S/c1-9-13(10(2)15-14-9)11-8-19-7-5-16(11)21(17,18)12-4-3-6-20-12/h3-4,6,11H,5,7-8H2,1-2H3,(H,14,15)/t11-/m0/s1. The van der Waals surface area contributed by atoms with Gasteiger partial charge in [0.2, 0.25) is 5.09 Å². The minimum absolute atomic E-state index is 0.0480. The summed E-state index contributed by atoms with van der Waals surface area (Å²) in [6, 6.07) is 2.63. The van der Waals surface area contributed by atoms with Gasteiger partial charge in [-0.2, -0.15) is 9.40 Å². The lowest BCUT2D eigenvalue weighted by Gasteiger charge is -2.34. The molecule has 0 radical (unpaired) electrons. The van der Waals surface area contributed by atoms with Crippen LogP contribution < -0.4 is 0 Å². The smallest absolute Gasteiger partial charge is 0.277 e. The van der Waals surface area contributed by atoms with E-state index in [2.05, 4.69) is 10.2 Å². The van der Waals surface area contributed by atoms with E-state index in [1.54, 1.807) is 6.07 Å². The molecule has 114 valence electrons. The first-order valence-electron chi connectivity index (χ1n) is 6.66. The molecular formula is C13H17N3O4S. The van der Waals surface area contributed by atoms with Crippen LogP contribution in [0.4, 0.5) is 0 Å². The number of nitrogens with one attached hydrogen (secondary N) is 1. The number of nitrogens with zero attached hydrogens (tertiary/aromatic N) is 2. The van der Waals surface area contributed by atoms with Gasteiger partial charge in [0.15, 0.2) is 0 Å². The van der Waals surface area contributed by atoms with Gasteiger partial charge in [0.1, 0.15) is 0 Å². The first-order valence-corrected chi connectivity index (χ1v) is 8.10. The molecule has 0 bridgehead atoms. The molecular weight excluding hydrogens is 294 g/mol. The van der Waals surface area contributed by atoms with Gasteiger partial charge in [0.05, 0.1) is 31.2 Å². The second-order valence-corrected chi connectivity index (χ2v) is 6.81. The van der Waals surface area contributed by atoms with Crippen LogP contribution in [0.15, 0.2) is 27.9 Å². The van der Waals surface area contributed by atoms with Crippen LogP contribution in [0.25, 0.3) is 0 Å². The number of aryl methyl sites for hydroxylation is 2. The summed E-state index contributed by atoms with van der Waals surface area (Å²) in [5.41, 5.74) is 2.50. The van der Waals surface area contributed by atoms with Crippen LogP contribution in [0.1, 0.15) is 23.0 Å². The fraction of sp³-hybridized carbons (Fsp3) is 0.462. The molecule has 1 aliphatic rings. The number of ether oxygens (including phenoxy) is 1. The Kier molecular flexibility index (Phi) is 3.60. The van der Waals surface area contributed by atoms with Gasteiger partial charge >= 0.3 is 0 Å². The van der Waals surface area contributed by atoms with Gasteiger partial charge in [-0.05, 0) is 26.0 Å². The molecule has 7 nitrogen and oxygen atoms in total. The summed E-state index contributed by atoms with van der Waals surface area (Å²) in [5, 5.41) is 6.99. The van der Waals surface area contributed by atoms with E-state index in [1.165, 1.54) is 16.6 Å². The van der Waals surface area contributed by atoms with Crippen LogP contribution in [-0.2, 0) is 14.8 Å². The number of sulfonamides is 1. The molecule has 8 heteroatoms. The van der Waals surface area contributed by atoms with Crippen molar-refractivity contribution in [3.8, 4) is 0 Å². The van der Waals surface area contributed by atoms with Gasteiger partial charge in [-0.3, -0.25) is 5.10 Å². The highest BCUT2D eigenvalue weighted by molar-refractivity contribution is 7.89. The van der Waals surface area contributed by atoms with Crippen molar-refractivity contribution >= 4 is 10.0 Å². The highest BCUT2D eigenvalue weighted by Gasteiger charge is 2.38. The number of aromatic nitrogens is 2. The van der Waals surface area contributed by atoms with Gasteiger partial charge in [0, 0.05) is 17.8 Å². The second kappa shape index (κ2) is 5.28. The van der Waals surface area contributed by atoms with Crippen LogP contribution in [0.3, 0.4) is 0 Å². The van der Waals surface area contributed by atoms with Crippen molar-refractivity contribution in [2.24, 2.45) is 0 Å². The predicted octanol–water partition coefficient (Wildman–Crippen LogP) is 1.38. The number of H-pyrrole nitrogens is 1. The monoisotopic (exact) mass is 311 g/mol. The molecule has 0 amide bonds. The lowest BCUT2D eigenvalue weighted by Crippen LogP contribution is -2.43. The maximum atomic E-state index is 12.7. The average molecular weight is 311 g/mol. The summed E-state index contributed by atoms with van der Waals surface area (Å²) in [6.07, 6.45) is 1.36. The first-order chi connectivity index (χ1) is 10.0. The Hall–Kier alpha value is -1.64. The van der Waals surface area contributed by atoms with Gasteiger partial charge < -0.3 is 9.15 Å². The average Bonchev–Trinajstić information content (AvgIpc) is 3.10. The Morgan fingerprint density at radius 2 is 2.24 bits per heavy atom. The van der Waals surface area contributed by atoms with Crippen LogP contribution in [0, 0.1) is 13.8 Å². The van der Waals surface area contributed by atoms with E-state index in [-0.39, 0.29) is 11.6 Å². The Bertz CT molecular complexity index is 701. The fourth-order valence-electron chi connectivity index (χ4n) is 2.68. The Labute approximate surface area is 122 Å². The largest absolute Gasteiger partial charge is 0.452 e. The summed E-state index contributed by atoms with van der Waals surface area (Å²) >= 11 is 0. The number of furan rings is 1. The number of aromatic amines is 1. The zero-order valence-corrected chi connectivity index (χ0v) is 12.7. The van der Waals surface area contributed by atoms with E-state index in [0.717, 1.165) is 17.0 Å². The third kappa shape index (κ3) is 2.39. The lowest BCUT2D eigenvalue weighted by atomic mass is 10.1. The number of hydrogen-bond donors (Lipinski definition) is 1. The van der Waals surface area contributed by atoms with Crippen LogP contribution >= 0.6 is 0 Å². The topological polar surface area (TPSA) is 88.4 Å². The highest BCUT2D eigenvalue weighted by atomic mass is 32.2. The van der Waals surface area contributed by atoms with E-state index >= 15 is 0 Å². The van der Waals surface area contributed by atoms with E-state index < -0.39 is 16.1 Å². The van der Waals surface area contributed by atoms with Crippen molar-refractivity contribution in [3.05, 3.63) is 35.3 Å². The molecule has 0 unspecified atom stereocenters. The molecule has 3 rings (SSSR count). The highest BCUT2D eigenvalue weighted by Crippen LogP contribution is 2.32. The molecule has 1 atom stereocenters. The molecule has 1 saturated heterocycles. The molecule has 0 saturated carbocycles. The Balaban J connectivity index is 2.04. The minimum atomic E-state index is -3.68. The normalized spacial score (nSPS) is 20.8. The quantitative estimate of drug-likeness (QED) is 0.925. The third-order valence-electron chi connectivity index (χ3n) is 3.66. The van der Waals surface area contributed by atoms with Gasteiger partial charge in [0.25, 0.3) is 10.0 Å². The zero-order valence-electron chi connectivity index (χ0n) is 11.9. The van der Waals surface area contributed by atoms with E-state index in [1.807, 2.05) is 13.8 Å². The number of morpholine rings is 1. The Morgan fingerprint density at radius 3 is 2.86 bits per heavy atom. The second-order valence-electron chi connectivity index (χ2n) is 4.99. The molecule has 1 aliphatic heterocycles. The zero-order chi connectivity index (χ0) is 15.0. The molecule has 3 heterocycles. The van der Waals surface area contributed by atoms with Crippen molar-refractivity contribution in [3.63, 3.8) is 0 Å². The third-order valence-corrected chi connectivity index (χ3v) is 5.45. The number of hydrogen-bond acceptors (Lipinski definition) is 5. The molecule has 21 heavy (non-hydrogen) atoms. The van der Waals surface area contributed by atoms with Gasteiger partial charge in [-0.15, -0.1) is 0 Å². The summed E-state index contributed by atoms with van der Waals surface area (Å²) in [6.45, 7) is 4.69. The molecule has 0 aliphatic carbocycles. The minimum Gasteiger partial charge on any atom is -0.452 e. The molecule has 2 aromatic heterocycles. The van der Waals surface area contributed by atoms with Crippen LogP contribution in [0.5, 0.6) is 0 Å². The van der Waals surface area contributed by atoms with Crippen molar-refractivity contribution < 1.29 is 17.6 Å². The van der Waals surface area contributed by atoms with Gasteiger partial charge in [-0.1, -0.05) is 0 Å². The SMILES string of the molecule is Cc1n[nH]c(C)c1[C@@H]1COCCN1S(=O)(=O)c1ccco1. The number of rotatable bonds is 3. The summed E-state index contributed by atoms with van der Waals surface area (Å²) in [7, 11) is -3.68. The molecule has 2 aromatic rings. The van der Waals surface area contributed by atoms with Crippen LogP contribution in [-0.4, -0.2) is 42.7 Å². The maximum Gasteiger partial charge on any atom is 0.277 e. The first kappa shape index (κ1) is 14.3. The molecule has 1 fully saturated rings. The van der Waals surface area contributed by atoms with E-state index in [4.69, 9.17) is 9.15 Å². The van der Waals surface area contributed by atoms with Crippen molar-refractivity contribution in [1.29, 1.82) is 0 Å². The van der Waals surface area contributed by atoms with E-state index in [9.17, 15) is 8.42 Å². The predicted molar refractivity (Wildman–Crippen MR) is 74.2 cm³/mol. The lowest BCUT2D eigenvalue weighted by molar-refractivity contribution is 0.0310. The van der Waals surface area contributed by atoms with Crippen molar-refractivity contribution in [1.82, 2.24) is 14.5 Å². The van der Waals surface area contributed by atoms with Crippen LogP contribution in [0.2, 0.25) is 0 Å². The summed E-state index contributed by atoms with van der Waals surface area (Å²) < 4.78 is 37.4. The van der Waals surface area contributed by atoms with Crippen molar-refractivity contribution in [2.45, 2.75) is 25.0 Å². The Morgan fingerprint density at radius 1 is 1.43 bits per heavy atom. The summed E-state index contributed by atoms with van der Waals surface area (Å²) in [4.78, 5) is 0. The molecule has 1 N–H and O–H groups in total. The molecule has 0 spiro atoms. The maximum absolute atomic E-state index is 12.7. The van der Waals surface area contributed by atoms with Gasteiger partial charge in [-0.25, -0.2) is 8.42 Å².